The van der Waals surface area contributed by atoms with Crippen molar-refractivity contribution < 1.29 is 9.47 Å². The quantitative estimate of drug-likeness (QED) is 0.499. The van der Waals surface area contributed by atoms with Crippen molar-refractivity contribution in [3.63, 3.8) is 0 Å². The summed E-state index contributed by atoms with van der Waals surface area (Å²) in [5.74, 6) is 1.70. The Morgan fingerprint density at radius 1 is 1.15 bits per heavy atom. The van der Waals surface area contributed by atoms with Gasteiger partial charge in [0, 0.05) is 18.3 Å². The normalized spacial score (nSPS) is 11.5. The zero-order chi connectivity index (χ0) is 18.4. The number of rotatable bonds is 7. The van der Waals surface area contributed by atoms with E-state index in [1.54, 1.807) is 16.9 Å². The molecule has 0 bridgehead atoms. The Morgan fingerprint density at radius 2 is 2.00 bits per heavy atom. The summed E-state index contributed by atoms with van der Waals surface area (Å²) in [7, 11) is 0. The Labute approximate surface area is 151 Å². The Hall–Kier alpha value is -3.29. The Kier molecular flexibility index (Phi) is 5.52. The molecule has 3 rings (SSSR count). The molecule has 0 atom stereocenters. The van der Waals surface area contributed by atoms with Gasteiger partial charge in [-0.15, -0.1) is 0 Å². The Morgan fingerprint density at radius 3 is 2.81 bits per heavy atom. The molecule has 8 nitrogen and oxygen atoms in total. The van der Waals surface area contributed by atoms with E-state index in [1.807, 2.05) is 44.2 Å². The summed E-state index contributed by atoms with van der Waals surface area (Å²) in [5.41, 5.74) is 8.42. The van der Waals surface area contributed by atoms with E-state index < -0.39 is 0 Å². The van der Waals surface area contributed by atoms with Gasteiger partial charge < -0.3 is 20.5 Å². The molecule has 0 amide bonds. The summed E-state index contributed by atoms with van der Waals surface area (Å²) in [6, 6.07) is 9.24. The van der Waals surface area contributed by atoms with E-state index in [2.05, 4.69) is 20.4 Å². The average molecular weight is 354 g/mol. The molecule has 2 heterocycles. The first kappa shape index (κ1) is 17.5. The monoisotopic (exact) mass is 354 g/mol. The molecule has 0 aliphatic heterocycles. The van der Waals surface area contributed by atoms with Crippen LogP contribution in [0.1, 0.15) is 19.5 Å². The highest BCUT2D eigenvalue weighted by molar-refractivity contribution is 5.94. The van der Waals surface area contributed by atoms with Crippen molar-refractivity contribution in [2.24, 2.45) is 10.7 Å². The summed E-state index contributed by atoms with van der Waals surface area (Å²) in [5, 5.41) is 7.32. The number of hydrogen-bond donors (Lipinski definition) is 2. The number of aliphatic imine (C=N–C) groups is 1. The van der Waals surface area contributed by atoms with Crippen LogP contribution < -0.4 is 20.5 Å². The lowest BCUT2D eigenvalue weighted by Crippen LogP contribution is -2.23. The average Bonchev–Trinajstić information content (AvgIpc) is 3.12. The van der Waals surface area contributed by atoms with Crippen LogP contribution in [0.25, 0.3) is 5.65 Å². The third-order valence-electron chi connectivity index (χ3n) is 3.60. The number of ether oxygens (including phenoxy) is 2. The summed E-state index contributed by atoms with van der Waals surface area (Å²) >= 11 is 0. The Bertz CT molecular complexity index is 906. The third kappa shape index (κ3) is 4.02. The number of hydrogen-bond acceptors (Lipinski definition) is 5. The van der Waals surface area contributed by atoms with Crippen LogP contribution in [-0.4, -0.2) is 33.8 Å². The standard InChI is InChI=1S/C18H22N6O2/c1-3-25-14-5-6-16(26-4-2)15(11-14)23-18(19)21-12-13-7-9-20-17-8-10-22-24(13)17/h5-11H,3-4,12H2,1-2H3,(H3,19,21,23). The SMILES string of the molecule is CCOc1ccc(OCC)c(NC(N)=NCc2ccnc3ccnn23)c1. The minimum atomic E-state index is 0.275. The van der Waals surface area contributed by atoms with Gasteiger partial charge in [0.1, 0.15) is 11.5 Å². The second-order valence-corrected chi connectivity index (χ2v) is 5.39. The van der Waals surface area contributed by atoms with Crippen LogP contribution in [0.2, 0.25) is 0 Å². The molecular weight excluding hydrogens is 332 g/mol. The number of guanidine groups is 1. The van der Waals surface area contributed by atoms with Gasteiger partial charge in [0.25, 0.3) is 0 Å². The molecule has 0 saturated heterocycles. The van der Waals surface area contributed by atoms with Gasteiger partial charge in [-0.05, 0) is 32.0 Å². The lowest BCUT2D eigenvalue weighted by Gasteiger charge is -2.14. The second-order valence-electron chi connectivity index (χ2n) is 5.39. The van der Waals surface area contributed by atoms with Crippen molar-refractivity contribution in [2.45, 2.75) is 20.4 Å². The van der Waals surface area contributed by atoms with Gasteiger partial charge in [-0.3, -0.25) is 0 Å². The molecular formula is C18H22N6O2. The molecule has 0 aliphatic rings. The first-order valence-electron chi connectivity index (χ1n) is 8.45. The van der Waals surface area contributed by atoms with Crippen LogP contribution in [0.3, 0.4) is 0 Å². The van der Waals surface area contributed by atoms with Crippen LogP contribution in [0.5, 0.6) is 11.5 Å². The van der Waals surface area contributed by atoms with Gasteiger partial charge in [-0.2, -0.15) is 5.10 Å². The van der Waals surface area contributed by atoms with Crippen molar-refractivity contribution in [1.82, 2.24) is 14.6 Å². The van der Waals surface area contributed by atoms with Gasteiger partial charge in [-0.1, -0.05) is 0 Å². The Balaban J connectivity index is 1.77. The third-order valence-corrected chi connectivity index (χ3v) is 3.60. The molecule has 0 fully saturated rings. The summed E-state index contributed by atoms with van der Waals surface area (Å²) in [4.78, 5) is 8.63. The van der Waals surface area contributed by atoms with Crippen LogP contribution in [0.4, 0.5) is 5.69 Å². The van der Waals surface area contributed by atoms with Crippen molar-refractivity contribution in [2.75, 3.05) is 18.5 Å². The fraction of sp³-hybridized carbons (Fsp3) is 0.278. The first-order chi connectivity index (χ1) is 12.7. The number of nitrogens with two attached hydrogens (primary N) is 1. The van der Waals surface area contributed by atoms with Crippen molar-refractivity contribution in [3.8, 4) is 11.5 Å². The molecule has 0 unspecified atom stereocenters. The lowest BCUT2D eigenvalue weighted by atomic mass is 10.2. The molecule has 8 heteroatoms. The molecule has 3 aromatic rings. The lowest BCUT2D eigenvalue weighted by molar-refractivity contribution is 0.332. The summed E-state index contributed by atoms with van der Waals surface area (Å²) < 4.78 is 12.9. The van der Waals surface area contributed by atoms with Crippen LogP contribution >= 0.6 is 0 Å². The fourth-order valence-electron chi connectivity index (χ4n) is 2.49. The van der Waals surface area contributed by atoms with Crippen molar-refractivity contribution in [1.29, 1.82) is 0 Å². The van der Waals surface area contributed by atoms with Crippen LogP contribution in [-0.2, 0) is 6.54 Å². The molecule has 0 radical (unpaired) electrons. The van der Waals surface area contributed by atoms with E-state index in [0.29, 0.717) is 31.2 Å². The minimum absolute atomic E-state index is 0.275. The van der Waals surface area contributed by atoms with Crippen LogP contribution in [0, 0.1) is 0 Å². The van der Waals surface area contributed by atoms with Gasteiger partial charge in [0.15, 0.2) is 11.6 Å². The summed E-state index contributed by atoms with van der Waals surface area (Å²) in [6.45, 7) is 5.36. The molecule has 3 N–H and O–H groups in total. The zero-order valence-corrected chi connectivity index (χ0v) is 14.8. The van der Waals surface area contributed by atoms with Gasteiger partial charge in [0.2, 0.25) is 0 Å². The molecule has 0 aliphatic carbocycles. The number of benzene rings is 1. The number of nitrogens with one attached hydrogen (secondary N) is 1. The predicted octanol–water partition coefficient (Wildman–Crippen LogP) is 2.45. The zero-order valence-electron chi connectivity index (χ0n) is 14.8. The number of aromatic nitrogens is 3. The first-order valence-corrected chi connectivity index (χ1v) is 8.45. The molecule has 2 aromatic heterocycles. The second kappa shape index (κ2) is 8.19. The maximum Gasteiger partial charge on any atom is 0.193 e. The number of fused-ring (bicyclic) bond motifs is 1. The highest BCUT2D eigenvalue weighted by Gasteiger charge is 2.08. The smallest absolute Gasteiger partial charge is 0.193 e. The number of anilines is 1. The van der Waals surface area contributed by atoms with E-state index >= 15 is 0 Å². The van der Waals surface area contributed by atoms with Crippen molar-refractivity contribution in [3.05, 3.63) is 48.4 Å². The molecule has 1 aromatic carbocycles. The molecule has 26 heavy (non-hydrogen) atoms. The summed E-state index contributed by atoms with van der Waals surface area (Å²) in [6.07, 6.45) is 3.43. The van der Waals surface area contributed by atoms with Crippen LogP contribution in [0.15, 0.2) is 47.7 Å². The van der Waals surface area contributed by atoms with Gasteiger partial charge >= 0.3 is 0 Å². The number of nitrogens with zero attached hydrogens (tertiary/aromatic N) is 4. The minimum Gasteiger partial charge on any atom is -0.494 e. The molecule has 0 spiro atoms. The van der Waals surface area contributed by atoms with E-state index in [9.17, 15) is 0 Å². The maximum absolute atomic E-state index is 6.06. The predicted molar refractivity (Wildman–Crippen MR) is 101 cm³/mol. The highest BCUT2D eigenvalue weighted by Crippen LogP contribution is 2.29. The molecule has 136 valence electrons. The largest absolute Gasteiger partial charge is 0.494 e. The van der Waals surface area contributed by atoms with Gasteiger partial charge in [-0.25, -0.2) is 14.5 Å². The van der Waals surface area contributed by atoms with E-state index in [1.165, 1.54) is 0 Å². The van der Waals surface area contributed by atoms with E-state index in [-0.39, 0.29) is 5.96 Å². The topological polar surface area (TPSA) is 99.1 Å². The fourth-order valence-corrected chi connectivity index (χ4v) is 2.49. The molecule has 0 saturated carbocycles. The van der Waals surface area contributed by atoms with E-state index in [4.69, 9.17) is 15.2 Å². The maximum atomic E-state index is 6.06. The van der Waals surface area contributed by atoms with Gasteiger partial charge in [0.05, 0.1) is 37.3 Å². The van der Waals surface area contributed by atoms with Crippen molar-refractivity contribution >= 4 is 17.3 Å². The van der Waals surface area contributed by atoms with E-state index in [0.717, 1.165) is 17.1 Å². The highest BCUT2D eigenvalue weighted by atomic mass is 16.5.